The van der Waals surface area contributed by atoms with Crippen molar-refractivity contribution < 1.29 is 9.05 Å². The molecule has 8 rings (SSSR count). The van der Waals surface area contributed by atoms with Crippen LogP contribution in [-0.4, -0.2) is 25.3 Å². The van der Waals surface area contributed by atoms with Gasteiger partial charge in [0.25, 0.3) is 0 Å². The Kier molecular flexibility index (Phi) is 3.81. The lowest BCUT2D eigenvalue weighted by atomic mass is 9.98. The fourth-order valence-electron chi connectivity index (χ4n) is 4.98. The van der Waals surface area contributed by atoms with E-state index < -0.39 is 0 Å². The molecule has 0 unspecified atom stereocenters. The quantitative estimate of drug-likeness (QED) is 0.274. The molecule has 6 aromatic rings. The summed E-state index contributed by atoms with van der Waals surface area (Å²) >= 11 is 0. The second-order valence-corrected chi connectivity index (χ2v) is 8.81. The molecule has 0 atom stereocenters. The van der Waals surface area contributed by atoms with Crippen LogP contribution in [0.1, 0.15) is 0 Å². The predicted octanol–water partition coefficient (Wildman–Crippen LogP) is 6.90. The van der Waals surface area contributed by atoms with Crippen molar-refractivity contribution >= 4 is 43.4 Å². The molecule has 4 aromatic carbocycles. The summed E-state index contributed by atoms with van der Waals surface area (Å²) < 4.78 is 10.3. The maximum atomic E-state index is 5.15. The summed E-state index contributed by atoms with van der Waals surface area (Å²) in [7, 11) is 0. The third kappa shape index (κ3) is 2.77. The number of benzene rings is 4. The molecule has 2 aliphatic rings. The Morgan fingerprint density at radius 2 is 1.11 bits per heavy atom. The van der Waals surface area contributed by atoms with Crippen LogP contribution < -0.4 is 0 Å². The molecule has 0 saturated carbocycles. The van der Waals surface area contributed by atoms with Crippen molar-refractivity contribution in [1.29, 1.82) is 0 Å². The molecule has 36 heavy (non-hydrogen) atoms. The third-order valence-electron chi connectivity index (χ3n) is 6.81. The Labute approximate surface area is 203 Å². The van der Waals surface area contributed by atoms with Crippen LogP contribution in [0.25, 0.3) is 77.1 Å². The summed E-state index contributed by atoms with van der Waals surface area (Å²) in [6.45, 7) is 0. The zero-order valence-corrected chi connectivity index (χ0v) is 18.7. The second kappa shape index (κ2) is 7.16. The molecule has 0 spiro atoms. The second-order valence-electron chi connectivity index (χ2n) is 8.81. The molecule has 0 radical (unpaired) electrons. The molecule has 0 fully saturated rings. The minimum atomic E-state index is 0.639. The molecule has 0 amide bonds. The van der Waals surface area contributed by atoms with Gasteiger partial charge in [0.05, 0.1) is 11.9 Å². The summed E-state index contributed by atoms with van der Waals surface area (Å²) in [6, 6.07) is 20.6. The highest BCUT2D eigenvalue weighted by molar-refractivity contribution is 6.08. The van der Waals surface area contributed by atoms with E-state index in [0.29, 0.717) is 5.82 Å². The van der Waals surface area contributed by atoms with Crippen LogP contribution >= 0.6 is 0 Å². The Balaban J connectivity index is 1.23. The lowest BCUT2D eigenvalue weighted by Gasteiger charge is -2.04. The van der Waals surface area contributed by atoms with Crippen LogP contribution in [0.5, 0.6) is 0 Å². The van der Waals surface area contributed by atoms with Gasteiger partial charge in [-0.15, -0.1) is 0 Å². The summed E-state index contributed by atoms with van der Waals surface area (Å²) in [6.07, 6.45) is 8.90. The fraction of sp³-hybridized carbons (Fsp3) is 0. The van der Waals surface area contributed by atoms with Gasteiger partial charge in [0.15, 0.2) is 5.82 Å². The van der Waals surface area contributed by atoms with E-state index in [-0.39, 0.29) is 0 Å². The van der Waals surface area contributed by atoms with Crippen molar-refractivity contribution in [2.45, 2.75) is 0 Å². The van der Waals surface area contributed by atoms with Crippen molar-refractivity contribution in [2.24, 2.45) is 0 Å². The molecule has 168 valence electrons. The van der Waals surface area contributed by atoms with Gasteiger partial charge in [-0.25, -0.2) is 9.97 Å². The molecule has 0 aliphatic carbocycles. The highest BCUT2D eigenvalue weighted by Crippen LogP contribution is 2.36. The van der Waals surface area contributed by atoms with E-state index in [1.807, 2.05) is 36.7 Å². The van der Waals surface area contributed by atoms with Crippen LogP contribution in [0.15, 0.2) is 101 Å². The number of hydrogen-bond acceptors (Lipinski definition) is 7. The third-order valence-corrected chi connectivity index (χ3v) is 6.81. The highest BCUT2D eigenvalue weighted by Gasteiger charge is 2.15. The Morgan fingerprint density at radius 3 is 1.83 bits per heavy atom. The summed E-state index contributed by atoms with van der Waals surface area (Å²) in [5.41, 5.74) is 6.46. The molecule has 2 aliphatic heterocycles. The molecule has 4 heterocycles. The smallest absolute Gasteiger partial charge is 0.159 e. The number of hydrogen-bond donors (Lipinski definition) is 0. The van der Waals surface area contributed by atoms with Crippen molar-refractivity contribution in [2.75, 3.05) is 0 Å². The van der Waals surface area contributed by atoms with Gasteiger partial charge in [-0.1, -0.05) is 46.7 Å². The summed E-state index contributed by atoms with van der Waals surface area (Å²) in [5, 5.41) is 14.5. The van der Waals surface area contributed by atoms with Gasteiger partial charge in [0.2, 0.25) is 0 Å². The zero-order valence-electron chi connectivity index (χ0n) is 18.7. The van der Waals surface area contributed by atoms with Crippen LogP contribution in [0.2, 0.25) is 0 Å². The first kappa shape index (κ1) is 19.2. The normalized spacial score (nSPS) is 11.9. The number of fused-ring (bicyclic) bond motifs is 7. The first-order chi connectivity index (χ1) is 17.8. The average Bonchev–Trinajstić information content (AvgIpc) is 3.65. The van der Waals surface area contributed by atoms with Gasteiger partial charge in [0, 0.05) is 39.9 Å². The average molecular weight is 465 g/mol. The van der Waals surface area contributed by atoms with E-state index in [1.165, 1.54) is 0 Å². The zero-order chi connectivity index (χ0) is 23.6. The molecule has 7 heteroatoms. The molecule has 0 saturated heterocycles. The molecule has 7 nitrogen and oxygen atoms in total. The predicted molar refractivity (Wildman–Crippen MR) is 137 cm³/mol. The van der Waals surface area contributed by atoms with Gasteiger partial charge >= 0.3 is 0 Å². The van der Waals surface area contributed by atoms with E-state index in [0.717, 1.165) is 71.3 Å². The minimum Gasteiger partial charge on any atom is -0.363 e. The fourth-order valence-corrected chi connectivity index (χ4v) is 4.98. The standard InChI is InChI=1S/C29H15N5O2/c1-5-20-16(3-7-26-24(20)14-35-33-26)9-18(1)22-11-30-28-13-32-29(31-12-23(22)28)19-2-6-21-17(10-19)4-8-27-25(21)15-36-34-27/h1-15H. The Hall–Kier alpha value is -5.17. The van der Waals surface area contributed by atoms with E-state index in [2.05, 4.69) is 56.7 Å². The number of aromatic nitrogens is 5. The first-order valence-corrected chi connectivity index (χ1v) is 11.5. The van der Waals surface area contributed by atoms with Crippen LogP contribution in [0.4, 0.5) is 0 Å². The summed E-state index contributed by atoms with van der Waals surface area (Å²) in [4.78, 5) is 14.0. The largest absolute Gasteiger partial charge is 0.363 e. The Bertz CT molecular complexity index is 2070. The topological polar surface area (TPSA) is 90.7 Å². The van der Waals surface area contributed by atoms with Gasteiger partial charge in [0.1, 0.15) is 23.6 Å². The lowest BCUT2D eigenvalue weighted by Crippen LogP contribution is -1.84. The Morgan fingerprint density at radius 1 is 0.500 bits per heavy atom. The van der Waals surface area contributed by atoms with E-state index >= 15 is 0 Å². The first-order valence-electron chi connectivity index (χ1n) is 11.5. The highest BCUT2D eigenvalue weighted by atomic mass is 16.5. The van der Waals surface area contributed by atoms with Gasteiger partial charge in [-0.2, -0.15) is 0 Å². The van der Waals surface area contributed by atoms with E-state index in [4.69, 9.17) is 14.0 Å². The SMILES string of the molecule is c1cc2c(ccc3nocc32)cc1-c1ncc2ncc(-c3ccc4c(ccc5nocc54)c3)c-2cn1. The van der Waals surface area contributed by atoms with E-state index in [9.17, 15) is 0 Å². The van der Waals surface area contributed by atoms with E-state index in [1.54, 1.807) is 18.7 Å². The monoisotopic (exact) mass is 465 g/mol. The molecular weight excluding hydrogens is 450 g/mol. The molecule has 0 N–H and O–H groups in total. The maximum Gasteiger partial charge on any atom is 0.159 e. The summed E-state index contributed by atoms with van der Waals surface area (Å²) in [5.74, 6) is 0.639. The minimum absolute atomic E-state index is 0.639. The van der Waals surface area contributed by atoms with Crippen molar-refractivity contribution in [1.82, 2.24) is 25.3 Å². The number of rotatable bonds is 2. The maximum absolute atomic E-state index is 5.15. The lowest BCUT2D eigenvalue weighted by molar-refractivity contribution is 0.428. The van der Waals surface area contributed by atoms with Crippen LogP contribution in [0.3, 0.4) is 0 Å². The van der Waals surface area contributed by atoms with Crippen molar-refractivity contribution in [3.63, 3.8) is 0 Å². The van der Waals surface area contributed by atoms with Gasteiger partial charge < -0.3 is 9.05 Å². The van der Waals surface area contributed by atoms with Crippen LogP contribution in [0, 0.1) is 0 Å². The van der Waals surface area contributed by atoms with Gasteiger partial charge in [-0.3, -0.25) is 4.98 Å². The van der Waals surface area contributed by atoms with Crippen molar-refractivity contribution in [3.8, 4) is 33.8 Å². The van der Waals surface area contributed by atoms with Crippen LogP contribution in [-0.2, 0) is 0 Å². The van der Waals surface area contributed by atoms with Gasteiger partial charge in [-0.05, 0) is 51.4 Å². The molecule has 2 aromatic heterocycles. The number of nitrogens with zero attached hydrogens (tertiary/aromatic N) is 5. The molecule has 0 bridgehead atoms. The van der Waals surface area contributed by atoms with Crippen molar-refractivity contribution in [3.05, 3.63) is 91.8 Å². The molecular formula is C29H15N5O2.